The maximum Gasteiger partial charge on any atom is 0.148 e. The van der Waals surface area contributed by atoms with E-state index in [1.165, 1.54) is 12.1 Å². The molecule has 2 rings (SSSR count). The molecule has 0 fully saturated rings. The molecule has 0 aliphatic rings. The Morgan fingerprint density at radius 3 is 2.42 bits per heavy atom. The van der Waals surface area contributed by atoms with Crippen LogP contribution in [0, 0.1) is 24.6 Å². The molecule has 19 heavy (non-hydrogen) atoms. The Morgan fingerprint density at radius 1 is 1.11 bits per heavy atom. The number of halogens is 1. The second kappa shape index (κ2) is 5.26. The van der Waals surface area contributed by atoms with Gasteiger partial charge in [0.15, 0.2) is 0 Å². The fraction of sp³-hybridized carbons (Fsp3) is 0.176. The highest BCUT2D eigenvalue weighted by atomic mass is 19.1. The van der Waals surface area contributed by atoms with Crippen molar-refractivity contribution in [1.29, 1.82) is 0 Å². The molecule has 2 heteroatoms. The molecule has 1 atom stereocenters. The zero-order chi connectivity index (χ0) is 13.9. The third-order valence-electron chi connectivity index (χ3n) is 2.96. The van der Waals surface area contributed by atoms with Crippen molar-refractivity contribution >= 4 is 0 Å². The van der Waals surface area contributed by atoms with Crippen molar-refractivity contribution in [2.75, 3.05) is 0 Å². The smallest absolute Gasteiger partial charge is 0.148 e. The molecule has 2 aromatic rings. The third kappa shape index (κ3) is 3.21. The lowest BCUT2D eigenvalue weighted by molar-refractivity contribution is 0.122. The molecule has 0 amide bonds. The van der Waals surface area contributed by atoms with E-state index < -0.39 is 5.60 Å². The van der Waals surface area contributed by atoms with Gasteiger partial charge in [-0.25, -0.2) is 4.39 Å². The lowest BCUT2D eigenvalue weighted by Gasteiger charge is -2.16. The first-order valence-electron chi connectivity index (χ1n) is 6.06. The van der Waals surface area contributed by atoms with Crippen LogP contribution < -0.4 is 0 Å². The maximum absolute atomic E-state index is 13.0. The highest BCUT2D eigenvalue weighted by Crippen LogP contribution is 2.19. The molecule has 0 saturated carbocycles. The first kappa shape index (κ1) is 13.3. The number of hydrogen-bond donors (Lipinski definition) is 1. The van der Waals surface area contributed by atoms with Gasteiger partial charge in [0, 0.05) is 5.56 Å². The van der Waals surface area contributed by atoms with E-state index in [0.29, 0.717) is 0 Å². The number of rotatable bonds is 1. The molecule has 0 aliphatic heterocycles. The van der Waals surface area contributed by atoms with Crippen molar-refractivity contribution < 1.29 is 9.50 Å². The fourth-order valence-electron chi connectivity index (χ4n) is 1.79. The molecule has 96 valence electrons. The number of aryl methyl sites for hydroxylation is 1. The van der Waals surface area contributed by atoms with Crippen molar-refractivity contribution in [2.24, 2.45) is 0 Å². The zero-order valence-electron chi connectivity index (χ0n) is 10.9. The Kier molecular flexibility index (Phi) is 3.69. The summed E-state index contributed by atoms with van der Waals surface area (Å²) in [6.45, 7) is 3.44. The summed E-state index contributed by atoms with van der Waals surface area (Å²) in [4.78, 5) is 0. The minimum Gasteiger partial charge on any atom is -0.374 e. The second-order valence-corrected chi connectivity index (χ2v) is 4.65. The Hall–Kier alpha value is -2.11. The number of hydrogen-bond acceptors (Lipinski definition) is 1. The van der Waals surface area contributed by atoms with E-state index in [4.69, 9.17) is 0 Å². The largest absolute Gasteiger partial charge is 0.374 e. The van der Waals surface area contributed by atoms with Gasteiger partial charge in [0.1, 0.15) is 11.4 Å². The highest BCUT2D eigenvalue weighted by Gasteiger charge is 2.19. The topological polar surface area (TPSA) is 20.2 Å². The summed E-state index contributed by atoms with van der Waals surface area (Å²) in [5.41, 5.74) is 0.999. The van der Waals surface area contributed by atoms with Gasteiger partial charge in [0.25, 0.3) is 0 Å². The number of benzene rings is 2. The van der Waals surface area contributed by atoms with Crippen molar-refractivity contribution in [3.8, 4) is 11.8 Å². The summed E-state index contributed by atoms with van der Waals surface area (Å²) in [6, 6.07) is 13.7. The third-order valence-corrected chi connectivity index (χ3v) is 2.96. The first-order valence-corrected chi connectivity index (χ1v) is 6.06. The van der Waals surface area contributed by atoms with Crippen molar-refractivity contribution in [3.63, 3.8) is 0 Å². The van der Waals surface area contributed by atoms with Gasteiger partial charge in [-0.2, -0.15) is 0 Å². The zero-order valence-corrected chi connectivity index (χ0v) is 10.9. The molecular formula is C17H15FO. The molecule has 2 aromatic carbocycles. The van der Waals surface area contributed by atoms with Crippen LogP contribution in [0.3, 0.4) is 0 Å². The summed E-state index contributed by atoms with van der Waals surface area (Å²) < 4.78 is 13.0. The Balaban J connectivity index is 2.33. The molecule has 1 unspecified atom stereocenters. The molecule has 0 aromatic heterocycles. The summed E-state index contributed by atoms with van der Waals surface area (Å²) in [7, 11) is 0. The molecular weight excluding hydrogens is 239 g/mol. The normalized spacial score (nSPS) is 13.3. The Morgan fingerprint density at radius 2 is 1.79 bits per heavy atom. The maximum atomic E-state index is 13.0. The summed E-state index contributed by atoms with van der Waals surface area (Å²) in [6.07, 6.45) is 0. The monoisotopic (exact) mass is 254 g/mol. The van der Waals surface area contributed by atoms with Crippen molar-refractivity contribution in [1.82, 2.24) is 0 Å². The van der Waals surface area contributed by atoms with E-state index in [-0.39, 0.29) is 5.82 Å². The van der Waals surface area contributed by atoms with Crippen molar-refractivity contribution in [2.45, 2.75) is 19.4 Å². The number of aliphatic hydroxyl groups is 1. The lowest BCUT2D eigenvalue weighted by atomic mass is 9.96. The van der Waals surface area contributed by atoms with Gasteiger partial charge in [-0.3, -0.25) is 0 Å². The van der Waals surface area contributed by atoms with Gasteiger partial charge in [-0.15, -0.1) is 0 Å². The molecule has 0 radical (unpaired) electrons. The molecule has 1 nitrogen and oxygen atoms in total. The summed E-state index contributed by atoms with van der Waals surface area (Å²) in [5, 5.41) is 10.3. The first-order chi connectivity index (χ1) is 8.99. The fourth-order valence-corrected chi connectivity index (χ4v) is 1.79. The highest BCUT2D eigenvalue weighted by molar-refractivity contribution is 5.43. The molecule has 0 spiro atoms. The van der Waals surface area contributed by atoms with Crippen LogP contribution in [0.15, 0.2) is 48.5 Å². The predicted octanol–water partition coefficient (Wildman–Crippen LogP) is 3.39. The second-order valence-electron chi connectivity index (χ2n) is 4.65. The van der Waals surface area contributed by atoms with Gasteiger partial charge in [0.2, 0.25) is 0 Å². The average Bonchev–Trinajstić information content (AvgIpc) is 2.39. The van der Waals surface area contributed by atoms with Crippen LogP contribution in [0.25, 0.3) is 0 Å². The molecule has 0 bridgehead atoms. The van der Waals surface area contributed by atoms with E-state index in [1.54, 1.807) is 19.9 Å². The minimum atomic E-state index is -1.22. The van der Waals surface area contributed by atoms with Crippen LogP contribution in [-0.2, 0) is 5.60 Å². The summed E-state index contributed by atoms with van der Waals surface area (Å²) >= 11 is 0. The Labute approximate surface area is 112 Å². The van der Waals surface area contributed by atoms with Crippen LogP contribution in [0.2, 0.25) is 0 Å². The quantitative estimate of drug-likeness (QED) is 0.773. The average molecular weight is 254 g/mol. The van der Waals surface area contributed by atoms with Crippen LogP contribution in [-0.4, -0.2) is 5.11 Å². The summed E-state index contributed by atoms with van der Waals surface area (Å²) in [5.74, 6) is 5.47. The molecule has 0 saturated heterocycles. The van der Waals surface area contributed by atoms with Crippen LogP contribution in [0.5, 0.6) is 0 Å². The van der Waals surface area contributed by atoms with E-state index in [9.17, 15) is 9.50 Å². The predicted molar refractivity (Wildman–Crippen MR) is 74.0 cm³/mol. The van der Waals surface area contributed by atoms with Gasteiger partial charge >= 0.3 is 0 Å². The lowest BCUT2D eigenvalue weighted by Crippen LogP contribution is -2.18. The Bertz CT molecular complexity index is 633. The standard InChI is InChI=1S/C17H15FO/c1-13-12-16(18)9-8-14(13)10-11-17(2,19)15-6-4-3-5-7-15/h3-9,12,19H,1-2H3. The van der Waals surface area contributed by atoms with Crippen LogP contribution in [0.1, 0.15) is 23.6 Å². The van der Waals surface area contributed by atoms with E-state index in [1.807, 2.05) is 30.3 Å². The molecule has 0 heterocycles. The van der Waals surface area contributed by atoms with Crippen LogP contribution in [0.4, 0.5) is 4.39 Å². The van der Waals surface area contributed by atoms with Gasteiger partial charge in [0.05, 0.1) is 0 Å². The van der Waals surface area contributed by atoms with E-state index >= 15 is 0 Å². The van der Waals surface area contributed by atoms with Crippen molar-refractivity contribution in [3.05, 3.63) is 71.0 Å². The van der Waals surface area contributed by atoms with Crippen LogP contribution >= 0.6 is 0 Å². The van der Waals surface area contributed by atoms with E-state index in [2.05, 4.69) is 11.8 Å². The van der Waals surface area contributed by atoms with E-state index in [0.717, 1.165) is 16.7 Å². The molecule has 1 N–H and O–H groups in total. The van der Waals surface area contributed by atoms with Gasteiger partial charge in [-0.05, 0) is 43.2 Å². The minimum absolute atomic E-state index is 0.280. The van der Waals surface area contributed by atoms with Gasteiger partial charge in [-0.1, -0.05) is 42.2 Å². The molecule has 0 aliphatic carbocycles. The SMILES string of the molecule is Cc1cc(F)ccc1C#CC(C)(O)c1ccccc1. The van der Waals surface area contributed by atoms with Gasteiger partial charge < -0.3 is 5.11 Å².